The minimum Gasteiger partial charge on any atom is -0.370 e. The van der Waals surface area contributed by atoms with Gasteiger partial charge in [-0.2, -0.15) is 0 Å². The average molecular weight is 308 g/mol. The van der Waals surface area contributed by atoms with E-state index in [-0.39, 0.29) is 0 Å². The van der Waals surface area contributed by atoms with Crippen LogP contribution in [0.1, 0.15) is 30.7 Å². The summed E-state index contributed by atoms with van der Waals surface area (Å²) in [5.74, 6) is 1.24. The summed E-state index contributed by atoms with van der Waals surface area (Å²) in [6.07, 6.45) is 3.62. The number of benzene rings is 1. The molecular weight excluding hydrogens is 290 g/mol. The molecule has 0 aliphatic heterocycles. The van der Waals surface area contributed by atoms with E-state index in [4.69, 9.17) is 5.73 Å². The van der Waals surface area contributed by atoms with Crippen molar-refractivity contribution in [3.05, 3.63) is 34.3 Å². The average Bonchev–Trinajstić information content (AvgIpc) is 3.23. The van der Waals surface area contributed by atoms with Crippen molar-refractivity contribution in [3.8, 4) is 0 Å². The minimum atomic E-state index is 0.366. The van der Waals surface area contributed by atoms with Crippen molar-refractivity contribution in [2.24, 2.45) is 10.7 Å². The highest BCUT2D eigenvalue weighted by molar-refractivity contribution is 9.10. The molecule has 96 valence electrons. The second kappa shape index (κ2) is 4.57. The van der Waals surface area contributed by atoms with Crippen LogP contribution in [0.5, 0.6) is 0 Å². The van der Waals surface area contributed by atoms with Gasteiger partial charge in [-0.25, -0.2) is 4.99 Å². The molecule has 3 nitrogen and oxygen atoms in total. The van der Waals surface area contributed by atoms with Crippen molar-refractivity contribution in [3.63, 3.8) is 0 Å². The van der Waals surface area contributed by atoms with Crippen molar-refractivity contribution >= 4 is 21.9 Å². The summed E-state index contributed by atoms with van der Waals surface area (Å²) in [5, 5.41) is 0. The molecule has 2 aliphatic carbocycles. The summed E-state index contributed by atoms with van der Waals surface area (Å²) < 4.78 is 1.18. The molecule has 2 aliphatic rings. The van der Waals surface area contributed by atoms with Crippen molar-refractivity contribution < 1.29 is 0 Å². The lowest BCUT2D eigenvalue weighted by molar-refractivity contribution is 0.487. The van der Waals surface area contributed by atoms with Crippen molar-refractivity contribution in [2.45, 2.75) is 37.3 Å². The van der Waals surface area contributed by atoms with Gasteiger partial charge in [0.05, 0.1) is 6.04 Å². The van der Waals surface area contributed by atoms with E-state index in [1.165, 1.54) is 22.9 Å². The lowest BCUT2D eigenvalue weighted by atomic mass is 10.1. The Morgan fingerprint density at radius 2 is 2.11 bits per heavy atom. The van der Waals surface area contributed by atoms with Crippen LogP contribution in [0.25, 0.3) is 0 Å². The first-order valence-corrected chi connectivity index (χ1v) is 7.26. The molecule has 0 heterocycles. The lowest BCUT2D eigenvalue weighted by Crippen LogP contribution is -2.36. The third kappa shape index (κ3) is 2.39. The number of rotatable bonds is 3. The van der Waals surface area contributed by atoms with Crippen LogP contribution in [-0.4, -0.2) is 30.0 Å². The monoisotopic (exact) mass is 307 g/mol. The van der Waals surface area contributed by atoms with Crippen LogP contribution in [0.3, 0.4) is 0 Å². The SMILES string of the molecule is CN(C(N)=N[C@@H]1C[C@H]1c1ccccc1Br)C1CC1. The Bertz CT molecular complexity index is 482. The van der Waals surface area contributed by atoms with Crippen molar-refractivity contribution in [1.82, 2.24) is 4.90 Å². The number of aliphatic imine (C=N–C) groups is 1. The summed E-state index contributed by atoms with van der Waals surface area (Å²) in [4.78, 5) is 6.77. The highest BCUT2D eigenvalue weighted by atomic mass is 79.9. The number of halogens is 1. The van der Waals surface area contributed by atoms with Gasteiger partial charge in [0.2, 0.25) is 0 Å². The molecule has 2 fully saturated rings. The highest BCUT2D eigenvalue weighted by Gasteiger charge is 2.40. The predicted octanol–water partition coefficient (Wildman–Crippen LogP) is 2.71. The molecule has 1 aromatic carbocycles. The number of hydrogen-bond acceptors (Lipinski definition) is 1. The number of nitrogens with zero attached hydrogens (tertiary/aromatic N) is 2. The standard InChI is InChI=1S/C14H18BrN3/c1-18(9-6-7-9)14(16)17-13-8-11(13)10-4-2-3-5-12(10)15/h2-5,9,11,13H,6-8H2,1H3,(H2,16,17)/t11-,13+/m0/s1. The Hall–Kier alpha value is -1.03. The first kappa shape index (κ1) is 12.0. The maximum atomic E-state index is 6.04. The van der Waals surface area contributed by atoms with Crippen LogP contribution in [-0.2, 0) is 0 Å². The van der Waals surface area contributed by atoms with Crippen LogP contribution in [0, 0.1) is 0 Å². The second-order valence-electron chi connectivity index (χ2n) is 5.26. The van der Waals surface area contributed by atoms with Gasteiger partial charge in [-0.3, -0.25) is 0 Å². The van der Waals surface area contributed by atoms with E-state index >= 15 is 0 Å². The largest absolute Gasteiger partial charge is 0.370 e. The quantitative estimate of drug-likeness (QED) is 0.689. The highest BCUT2D eigenvalue weighted by Crippen LogP contribution is 2.46. The number of hydrogen-bond donors (Lipinski definition) is 1. The van der Waals surface area contributed by atoms with E-state index < -0.39 is 0 Å². The van der Waals surface area contributed by atoms with Crippen LogP contribution < -0.4 is 5.73 Å². The molecule has 0 amide bonds. The van der Waals surface area contributed by atoms with Gasteiger partial charge in [0.15, 0.2) is 5.96 Å². The van der Waals surface area contributed by atoms with Crippen LogP contribution in [0.15, 0.2) is 33.7 Å². The summed E-state index contributed by atoms with van der Waals surface area (Å²) in [5.41, 5.74) is 7.40. The van der Waals surface area contributed by atoms with Gasteiger partial charge in [-0.1, -0.05) is 34.1 Å². The molecule has 0 unspecified atom stereocenters. The van der Waals surface area contributed by atoms with Gasteiger partial charge in [0.25, 0.3) is 0 Å². The van der Waals surface area contributed by atoms with Gasteiger partial charge >= 0.3 is 0 Å². The Morgan fingerprint density at radius 1 is 1.39 bits per heavy atom. The first-order chi connectivity index (χ1) is 8.66. The number of nitrogens with two attached hydrogens (primary N) is 1. The summed E-state index contributed by atoms with van der Waals surface area (Å²) in [6.45, 7) is 0. The molecule has 1 aromatic rings. The Kier molecular flexibility index (Phi) is 3.06. The molecule has 0 aromatic heterocycles. The van der Waals surface area contributed by atoms with Crippen molar-refractivity contribution in [1.29, 1.82) is 0 Å². The molecule has 2 saturated carbocycles. The Labute approximate surface area is 116 Å². The fourth-order valence-electron chi connectivity index (χ4n) is 2.34. The second-order valence-corrected chi connectivity index (χ2v) is 6.11. The zero-order valence-electron chi connectivity index (χ0n) is 10.5. The van der Waals surface area contributed by atoms with Crippen LogP contribution >= 0.6 is 15.9 Å². The molecule has 0 spiro atoms. The molecule has 2 N–H and O–H groups in total. The van der Waals surface area contributed by atoms with Gasteiger partial charge < -0.3 is 10.6 Å². The molecule has 4 heteroatoms. The lowest BCUT2D eigenvalue weighted by Gasteiger charge is -2.16. The van der Waals surface area contributed by atoms with Gasteiger partial charge in [0.1, 0.15) is 0 Å². The number of guanidine groups is 1. The van der Waals surface area contributed by atoms with Crippen molar-refractivity contribution in [2.75, 3.05) is 7.05 Å². The summed E-state index contributed by atoms with van der Waals surface area (Å²) in [6, 6.07) is 9.39. The Morgan fingerprint density at radius 3 is 2.78 bits per heavy atom. The van der Waals surface area contributed by atoms with E-state index in [1.807, 2.05) is 13.1 Å². The normalized spacial score (nSPS) is 27.1. The fraction of sp³-hybridized carbons (Fsp3) is 0.500. The fourth-order valence-corrected chi connectivity index (χ4v) is 2.92. The van der Waals surface area contributed by atoms with E-state index in [0.29, 0.717) is 24.0 Å². The molecule has 3 rings (SSSR count). The topological polar surface area (TPSA) is 41.6 Å². The first-order valence-electron chi connectivity index (χ1n) is 6.47. The molecule has 2 atom stereocenters. The molecular formula is C14H18BrN3. The van der Waals surface area contributed by atoms with E-state index in [2.05, 4.69) is 44.0 Å². The third-order valence-electron chi connectivity index (χ3n) is 3.82. The van der Waals surface area contributed by atoms with Crippen LogP contribution in [0.2, 0.25) is 0 Å². The van der Waals surface area contributed by atoms with Gasteiger partial charge in [-0.05, 0) is 30.9 Å². The predicted molar refractivity (Wildman–Crippen MR) is 77.7 cm³/mol. The molecule has 18 heavy (non-hydrogen) atoms. The van der Waals surface area contributed by atoms with E-state index in [0.717, 1.165) is 6.42 Å². The van der Waals surface area contributed by atoms with E-state index in [9.17, 15) is 0 Å². The summed E-state index contributed by atoms with van der Waals surface area (Å²) >= 11 is 3.60. The van der Waals surface area contributed by atoms with Gasteiger partial charge in [0, 0.05) is 23.5 Å². The van der Waals surface area contributed by atoms with E-state index in [1.54, 1.807) is 0 Å². The minimum absolute atomic E-state index is 0.366. The molecule has 0 bridgehead atoms. The zero-order chi connectivity index (χ0) is 12.7. The maximum Gasteiger partial charge on any atom is 0.191 e. The van der Waals surface area contributed by atoms with Crippen LogP contribution in [0.4, 0.5) is 0 Å². The smallest absolute Gasteiger partial charge is 0.191 e. The van der Waals surface area contributed by atoms with Gasteiger partial charge in [-0.15, -0.1) is 0 Å². The zero-order valence-corrected chi connectivity index (χ0v) is 12.1. The maximum absolute atomic E-state index is 6.04. The molecule has 0 radical (unpaired) electrons. The Balaban J connectivity index is 1.67. The molecule has 0 saturated heterocycles. The summed E-state index contributed by atoms with van der Waals surface area (Å²) in [7, 11) is 2.05. The third-order valence-corrected chi connectivity index (χ3v) is 4.54.